The smallest absolute Gasteiger partial charge is 0.239 e. The zero-order valence-corrected chi connectivity index (χ0v) is 19.3. The Bertz CT molecular complexity index is 1070. The third kappa shape index (κ3) is 4.08. The number of benzene rings is 2. The van der Waals surface area contributed by atoms with Crippen LogP contribution in [0.5, 0.6) is 0 Å². The molecule has 1 aliphatic carbocycles. The summed E-state index contributed by atoms with van der Waals surface area (Å²) in [6.07, 6.45) is 10.3. The summed E-state index contributed by atoms with van der Waals surface area (Å²) in [5.74, 6) is 0. The molecule has 0 bridgehead atoms. The third-order valence-electron chi connectivity index (χ3n) is 6.97. The van der Waals surface area contributed by atoms with E-state index in [1.165, 1.54) is 59.5 Å². The lowest BCUT2D eigenvalue weighted by Crippen LogP contribution is -2.41. The molecule has 0 fully saturated rings. The Kier molecular flexibility index (Phi) is 6.36. The standard InChI is InChI=1S/C29H35N2/c1-5-7-21-29(3,6-2)24-18-12-11-17-23(24)28-27(22-15-9-8-10-16-22)30-25-19-13-14-20-26(25)31(28)4/h6,8-12,15-18H,2,5,7,13-14,19-21H2,1,3-4H3/q+1. The largest absolute Gasteiger partial charge is 0.239 e. The number of aryl methyl sites for hydroxylation is 1. The van der Waals surface area contributed by atoms with E-state index in [1.807, 2.05) is 0 Å². The molecular formula is C29H35N2+. The number of hydrogen-bond donors (Lipinski definition) is 0. The lowest BCUT2D eigenvalue weighted by Gasteiger charge is -2.29. The van der Waals surface area contributed by atoms with E-state index in [2.05, 4.69) is 92.7 Å². The lowest BCUT2D eigenvalue weighted by molar-refractivity contribution is -0.669. The van der Waals surface area contributed by atoms with Crippen molar-refractivity contribution in [2.24, 2.45) is 7.05 Å². The highest BCUT2D eigenvalue weighted by Crippen LogP contribution is 2.40. The van der Waals surface area contributed by atoms with Crippen molar-refractivity contribution in [1.82, 2.24) is 4.98 Å². The molecule has 0 spiro atoms. The monoisotopic (exact) mass is 411 g/mol. The van der Waals surface area contributed by atoms with Crippen LogP contribution < -0.4 is 4.57 Å². The Hall–Kier alpha value is -2.74. The van der Waals surface area contributed by atoms with Gasteiger partial charge in [-0.2, -0.15) is 4.57 Å². The molecule has 0 saturated heterocycles. The van der Waals surface area contributed by atoms with Gasteiger partial charge in [-0.25, -0.2) is 4.98 Å². The average Bonchev–Trinajstić information content (AvgIpc) is 2.83. The molecule has 0 radical (unpaired) electrons. The van der Waals surface area contributed by atoms with Crippen LogP contribution in [0, 0.1) is 0 Å². The number of fused-ring (bicyclic) bond motifs is 1. The van der Waals surface area contributed by atoms with Crippen LogP contribution in [0.1, 0.15) is 62.9 Å². The minimum atomic E-state index is -0.0660. The minimum absolute atomic E-state index is 0.0660. The van der Waals surface area contributed by atoms with Gasteiger partial charge in [0, 0.05) is 17.4 Å². The van der Waals surface area contributed by atoms with Gasteiger partial charge in [0.25, 0.3) is 0 Å². The number of aromatic nitrogens is 2. The van der Waals surface area contributed by atoms with Gasteiger partial charge in [0.15, 0.2) is 0 Å². The molecule has 1 aliphatic rings. The van der Waals surface area contributed by atoms with E-state index in [4.69, 9.17) is 4.98 Å². The number of nitrogens with zero attached hydrogens (tertiary/aromatic N) is 2. The number of rotatable bonds is 7. The fourth-order valence-electron chi connectivity index (χ4n) is 5.02. The highest BCUT2D eigenvalue weighted by atomic mass is 15.0. The molecule has 1 atom stereocenters. The molecule has 0 amide bonds. The summed E-state index contributed by atoms with van der Waals surface area (Å²) in [5, 5.41) is 0. The van der Waals surface area contributed by atoms with Gasteiger partial charge in [0.2, 0.25) is 11.4 Å². The normalized spacial score (nSPS) is 15.2. The van der Waals surface area contributed by atoms with Gasteiger partial charge in [-0.3, -0.25) is 0 Å². The molecule has 31 heavy (non-hydrogen) atoms. The second-order valence-electron chi connectivity index (χ2n) is 9.11. The predicted octanol–water partition coefficient (Wildman–Crippen LogP) is 6.75. The van der Waals surface area contributed by atoms with Gasteiger partial charge >= 0.3 is 0 Å². The summed E-state index contributed by atoms with van der Waals surface area (Å²) >= 11 is 0. The third-order valence-corrected chi connectivity index (χ3v) is 6.97. The van der Waals surface area contributed by atoms with Crippen LogP contribution >= 0.6 is 0 Å². The first-order valence-electron chi connectivity index (χ1n) is 11.8. The van der Waals surface area contributed by atoms with Gasteiger partial charge in [0.05, 0.1) is 5.56 Å². The van der Waals surface area contributed by atoms with Crippen LogP contribution in [0.3, 0.4) is 0 Å². The summed E-state index contributed by atoms with van der Waals surface area (Å²) in [5.41, 5.74) is 8.74. The predicted molar refractivity (Wildman–Crippen MR) is 130 cm³/mol. The van der Waals surface area contributed by atoms with Crippen LogP contribution in [-0.2, 0) is 25.3 Å². The maximum Gasteiger partial charge on any atom is 0.239 e. The zero-order chi connectivity index (χ0) is 21.8. The van der Waals surface area contributed by atoms with Crippen molar-refractivity contribution in [2.45, 2.75) is 64.2 Å². The van der Waals surface area contributed by atoms with Crippen molar-refractivity contribution >= 4 is 0 Å². The van der Waals surface area contributed by atoms with Crippen LogP contribution in [0.2, 0.25) is 0 Å². The van der Waals surface area contributed by atoms with Gasteiger partial charge in [0.1, 0.15) is 18.4 Å². The molecule has 1 unspecified atom stereocenters. The number of hydrogen-bond acceptors (Lipinski definition) is 1. The van der Waals surface area contributed by atoms with Crippen LogP contribution in [-0.4, -0.2) is 4.98 Å². The molecule has 4 rings (SSSR count). The first-order chi connectivity index (χ1) is 15.1. The molecule has 0 aliphatic heterocycles. The Morgan fingerprint density at radius 2 is 1.74 bits per heavy atom. The Morgan fingerprint density at radius 3 is 2.48 bits per heavy atom. The molecule has 0 N–H and O–H groups in total. The van der Waals surface area contributed by atoms with Gasteiger partial charge < -0.3 is 0 Å². The first kappa shape index (κ1) is 21.5. The van der Waals surface area contributed by atoms with Crippen molar-refractivity contribution in [2.75, 3.05) is 0 Å². The highest BCUT2D eigenvalue weighted by molar-refractivity contribution is 5.78. The molecule has 1 aromatic heterocycles. The zero-order valence-electron chi connectivity index (χ0n) is 19.3. The molecular weight excluding hydrogens is 376 g/mol. The Balaban J connectivity index is 2.00. The minimum Gasteiger partial charge on any atom is -0.239 e. The molecule has 2 aromatic carbocycles. The fourth-order valence-corrected chi connectivity index (χ4v) is 5.02. The first-order valence-corrected chi connectivity index (χ1v) is 11.8. The van der Waals surface area contributed by atoms with Crippen LogP contribution in [0.4, 0.5) is 0 Å². The van der Waals surface area contributed by atoms with E-state index in [-0.39, 0.29) is 5.41 Å². The quantitative estimate of drug-likeness (QED) is 0.310. The summed E-state index contributed by atoms with van der Waals surface area (Å²) in [7, 11) is 2.24. The molecule has 0 saturated carbocycles. The summed E-state index contributed by atoms with van der Waals surface area (Å²) in [6, 6.07) is 19.6. The van der Waals surface area contributed by atoms with Crippen molar-refractivity contribution in [3.05, 3.63) is 84.2 Å². The molecule has 160 valence electrons. The van der Waals surface area contributed by atoms with E-state index in [1.54, 1.807) is 0 Å². The molecule has 2 heteroatoms. The highest BCUT2D eigenvalue weighted by Gasteiger charge is 2.33. The topological polar surface area (TPSA) is 16.8 Å². The van der Waals surface area contributed by atoms with E-state index < -0.39 is 0 Å². The second-order valence-corrected chi connectivity index (χ2v) is 9.11. The van der Waals surface area contributed by atoms with Crippen LogP contribution in [0.15, 0.2) is 67.3 Å². The molecule has 3 aromatic rings. The number of unbranched alkanes of at least 4 members (excludes halogenated alkanes) is 1. The summed E-state index contributed by atoms with van der Waals surface area (Å²) in [4.78, 5) is 5.29. The average molecular weight is 412 g/mol. The van der Waals surface area contributed by atoms with E-state index in [0.717, 1.165) is 25.0 Å². The van der Waals surface area contributed by atoms with Crippen molar-refractivity contribution in [3.63, 3.8) is 0 Å². The summed E-state index contributed by atoms with van der Waals surface area (Å²) < 4.78 is 2.44. The Labute approximate surface area is 187 Å². The molecule has 2 nitrogen and oxygen atoms in total. The van der Waals surface area contributed by atoms with Crippen molar-refractivity contribution in [1.29, 1.82) is 0 Å². The fraction of sp³-hybridized carbons (Fsp3) is 0.379. The van der Waals surface area contributed by atoms with Gasteiger partial charge in [-0.15, -0.1) is 6.58 Å². The van der Waals surface area contributed by atoms with Gasteiger partial charge in [-0.05, 0) is 37.3 Å². The SMILES string of the molecule is C=CC(C)(CCCC)c1ccccc1-c1c(-c2ccccc2)nc2c([n+]1C)CCCC2. The maximum absolute atomic E-state index is 5.29. The molecule has 1 heterocycles. The van der Waals surface area contributed by atoms with Crippen LogP contribution in [0.25, 0.3) is 22.5 Å². The van der Waals surface area contributed by atoms with Crippen molar-refractivity contribution < 1.29 is 4.57 Å². The second kappa shape index (κ2) is 9.18. The lowest BCUT2D eigenvalue weighted by atomic mass is 9.75. The Morgan fingerprint density at radius 1 is 1.03 bits per heavy atom. The van der Waals surface area contributed by atoms with E-state index in [9.17, 15) is 0 Å². The number of allylic oxidation sites excluding steroid dienone is 1. The van der Waals surface area contributed by atoms with Crippen molar-refractivity contribution in [3.8, 4) is 22.5 Å². The van der Waals surface area contributed by atoms with E-state index >= 15 is 0 Å². The van der Waals surface area contributed by atoms with Gasteiger partial charge in [-0.1, -0.05) is 81.3 Å². The maximum atomic E-state index is 5.29. The van der Waals surface area contributed by atoms with E-state index in [0.29, 0.717) is 0 Å². The summed E-state index contributed by atoms with van der Waals surface area (Å²) in [6.45, 7) is 8.84.